The maximum Gasteiger partial charge on any atom is 0.287 e. The zero-order valence-electron chi connectivity index (χ0n) is 19.8. The van der Waals surface area contributed by atoms with Gasteiger partial charge in [0.15, 0.2) is 10.9 Å². The van der Waals surface area contributed by atoms with Crippen molar-refractivity contribution in [3.05, 3.63) is 95.9 Å². The molecular formula is C27H28N4O3S. The van der Waals surface area contributed by atoms with Gasteiger partial charge in [-0.05, 0) is 17.7 Å². The van der Waals surface area contributed by atoms with Crippen molar-refractivity contribution in [2.24, 2.45) is 0 Å². The first-order chi connectivity index (χ1) is 17.1. The Morgan fingerprint density at radius 1 is 1.03 bits per heavy atom. The van der Waals surface area contributed by atoms with Crippen LogP contribution in [0.4, 0.5) is 5.82 Å². The third-order valence-electron chi connectivity index (χ3n) is 5.24. The molecule has 0 aliphatic rings. The van der Waals surface area contributed by atoms with E-state index < -0.39 is 0 Å². The van der Waals surface area contributed by atoms with E-state index in [-0.39, 0.29) is 11.7 Å². The SMILES string of the molecule is COCCNC(=O)c1ccc(CSc2nc(-c3ccccc3)cc(N(C)Cc3ccccc3)n2)o1. The number of thioether (sulfide) groups is 1. The fraction of sp³-hybridized carbons (Fsp3) is 0.222. The van der Waals surface area contributed by atoms with Gasteiger partial charge in [0.25, 0.3) is 5.91 Å². The van der Waals surface area contributed by atoms with Crippen molar-refractivity contribution in [2.75, 3.05) is 32.2 Å². The van der Waals surface area contributed by atoms with Crippen LogP contribution in [0.3, 0.4) is 0 Å². The maximum absolute atomic E-state index is 12.2. The number of hydrogen-bond donors (Lipinski definition) is 1. The lowest BCUT2D eigenvalue weighted by Crippen LogP contribution is -2.26. The molecule has 2 aromatic carbocycles. The highest BCUT2D eigenvalue weighted by Gasteiger charge is 2.14. The first-order valence-corrected chi connectivity index (χ1v) is 12.3. The van der Waals surface area contributed by atoms with Gasteiger partial charge in [0.05, 0.1) is 18.1 Å². The van der Waals surface area contributed by atoms with Crippen LogP contribution in [0, 0.1) is 0 Å². The standard InChI is InChI=1S/C27H28N4O3S/c1-31(18-20-9-5-3-6-10-20)25-17-23(21-11-7-4-8-12-21)29-27(30-25)35-19-22-13-14-24(34-22)26(32)28-15-16-33-2/h3-14,17H,15-16,18-19H2,1-2H3,(H,28,32). The van der Waals surface area contributed by atoms with E-state index in [1.807, 2.05) is 67.7 Å². The number of carbonyl (C=O) groups is 1. The molecule has 0 atom stereocenters. The number of amides is 1. The number of rotatable bonds is 11. The van der Waals surface area contributed by atoms with Crippen molar-refractivity contribution in [1.82, 2.24) is 15.3 Å². The molecule has 0 unspecified atom stereocenters. The van der Waals surface area contributed by atoms with Gasteiger partial charge in [-0.2, -0.15) is 0 Å². The van der Waals surface area contributed by atoms with Crippen molar-refractivity contribution < 1.29 is 13.9 Å². The van der Waals surface area contributed by atoms with Gasteiger partial charge in [-0.1, -0.05) is 72.4 Å². The van der Waals surface area contributed by atoms with Gasteiger partial charge in [0.1, 0.15) is 11.6 Å². The lowest BCUT2D eigenvalue weighted by Gasteiger charge is -2.19. The minimum atomic E-state index is -0.259. The topological polar surface area (TPSA) is 80.5 Å². The predicted octanol–water partition coefficient (Wildman–Crippen LogP) is 5.04. The molecule has 0 radical (unpaired) electrons. The molecule has 1 amide bonds. The largest absolute Gasteiger partial charge is 0.455 e. The van der Waals surface area contributed by atoms with E-state index in [2.05, 4.69) is 22.3 Å². The number of hydrogen-bond acceptors (Lipinski definition) is 7. The maximum atomic E-state index is 12.2. The Balaban J connectivity index is 1.51. The molecule has 0 bridgehead atoms. The Kier molecular flexibility index (Phi) is 8.53. The number of ether oxygens (including phenoxy) is 1. The monoisotopic (exact) mass is 488 g/mol. The summed E-state index contributed by atoms with van der Waals surface area (Å²) < 4.78 is 10.7. The van der Waals surface area contributed by atoms with E-state index in [1.54, 1.807) is 13.2 Å². The summed E-state index contributed by atoms with van der Waals surface area (Å²) in [6.45, 7) is 1.61. The third-order valence-corrected chi connectivity index (χ3v) is 6.11. The van der Waals surface area contributed by atoms with Crippen molar-refractivity contribution in [1.29, 1.82) is 0 Å². The molecular weight excluding hydrogens is 460 g/mol. The highest BCUT2D eigenvalue weighted by Crippen LogP contribution is 2.28. The minimum absolute atomic E-state index is 0.259. The minimum Gasteiger partial charge on any atom is -0.455 e. The summed E-state index contributed by atoms with van der Waals surface area (Å²) in [5.41, 5.74) is 3.09. The van der Waals surface area contributed by atoms with Crippen LogP contribution in [0.1, 0.15) is 21.9 Å². The smallest absolute Gasteiger partial charge is 0.287 e. The molecule has 35 heavy (non-hydrogen) atoms. The summed E-state index contributed by atoms with van der Waals surface area (Å²) >= 11 is 1.47. The molecule has 0 spiro atoms. The molecule has 0 aliphatic heterocycles. The molecule has 1 N–H and O–H groups in total. The van der Waals surface area contributed by atoms with Crippen molar-refractivity contribution in [2.45, 2.75) is 17.5 Å². The molecule has 2 heterocycles. The number of nitrogens with zero attached hydrogens (tertiary/aromatic N) is 3. The number of aromatic nitrogens is 2. The highest BCUT2D eigenvalue weighted by molar-refractivity contribution is 7.98. The lowest BCUT2D eigenvalue weighted by atomic mass is 10.1. The highest BCUT2D eigenvalue weighted by atomic mass is 32.2. The number of furan rings is 1. The zero-order chi connectivity index (χ0) is 24.5. The van der Waals surface area contributed by atoms with E-state index in [4.69, 9.17) is 19.1 Å². The number of anilines is 1. The number of carbonyl (C=O) groups excluding carboxylic acids is 1. The van der Waals surface area contributed by atoms with Crippen LogP contribution >= 0.6 is 11.8 Å². The summed E-state index contributed by atoms with van der Waals surface area (Å²) in [5.74, 6) is 2.04. The first-order valence-electron chi connectivity index (χ1n) is 11.3. The second kappa shape index (κ2) is 12.2. The van der Waals surface area contributed by atoms with Gasteiger partial charge in [-0.3, -0.25) is 4.79 Å². The van der Waals surface area contributed by atoms with E-state index >= 15 is 0 Å². The van der Waals surface area contributed by atoms with E-state index in [1.165, 1.54) is 17.3 Å². The Morgan fingerprint density at radius 2 is 1.77 bits per heavy atom. The van der Waals surface area contributed by atoms with Crippen LogP contribution < -0.4 is 10.2 Å². The van der Waals surface area contributed by atoms with Gasteiger partial charge in [-0.25, -0.2) is 9.97 Å². The molecule has 0 aliphatic carbocycles. The van der Waals surface area contributed by atoms with Gasteiger partial charge in [0, 0.05) is 38.9 Å². The molecule has 4 aromatic rings. The third kappa shape index (κ3) is 6.94. The zero-order valence-corrected chi connectivity index (χ0v) is 20.6. The molecule has 0 saturated heterocycles. The molecule has 0 saturated carbocycles. The van der Waals surface area contributed by atoms with E-state index in [0.717, 1.165) is 23.6 Å². The summed E-state index contributed by atoms with van der Waals surface area (Å²) in [4.78, 5) is 23.9. The average molecular weight is 489 g/mol. The summed E-state index contributed by atoms with van der Waals surface area (Å²) in [5, 5.41) is 3.40. The number of methoxy groups -OCH3 is 1. The second-order valence-corrected chi connectivity index (χ2v) is 8.85. The molecule has 2 aromatic heterocycles. The Labute approximate surface area is 209 Å². The summed E-state index contributed by atoms with van der Waals surface area (Å²) in [6, 6.07) is 25.9. The van der Waals surface area contributed by atoms with Crippen molar-refractivity contribution in [3.8, 4) is 11.3 Å². The Hall–Kier alpha value is -3.62. The molecule has 7 nitrogen and oxygen atoms in total. The van der Waals surface area contributed by atoms with Crippen molar-refractivity contribution >= 4 is 23.5 Å². The lowest BCUT2D eigenvalue weighted by molar-refractivity contribution is 0.0908. The molecule has 4 rings (SSSR count). The van der Waals surface area contributed by atoms with Gasteiger partial charge >= 0.3 is 0 Å². The van der Waals surface area contributed by atoms with Gasteiger partial charge < -0.3 is 19.4 Å². The molecule has 180 valence electrons. The average Bonchev–Trinajstić information content (AvgIpc) is 3.38. The first kappa shape index (κ1) is 24.5. The Bertz CT molecular complexity index is 1230. The predicted molar refractivity (Wildman–Crippen MR) is 138 cm³/mol. The number of benzene rings is 2. The Morgan fingerprint density at radius 3 is 2.51 bits per heavy atom. The summed E-state index contributed by atoms with van der Waals surface area (Å²) in [7, 11) is 3.62. The van der Waals surface area contributed by atoms with E-state index in [9.17, 15) is 4.79 Å². The quantitative estimate of drug-likeness (QED) is 0.180. The molecule has 8 heteroatoms. The fourth-order valence-corrected chi connectivity index (χ4v) is 4.18. The van der Waals surface area contributed by atoms with E-state index in [0.29, 0.717) is 29.8 Å². The van der Waals surface area contributed by atoms with Gasteiger partial charge in [0.2, 0.25) is 0 Å². The van der Waals surface area contributed by atoms with Crippen molar-refractivity contribution in [3.63, 3.8) is 0 Å². The number of nitrogens with one attached hydrogen (secondary N) is 1. The van der Waals surface area contributed by atoms with Crippen LogP contribution in [-0.2, 0) is 17.0 Å². The fourth-order valence-electron chi connectivity index (χ4n) is 3.43. The summed E-state index contributed by atoms with van der Waals surface area (Å²) in [6.07, 6.45) is 0. The molecule has 0 fully saturated rings. The van der Waals surface area contributed by atoms with Crippen LogP contribution in [0.2, 0.25) is 0 Å². The van der Waals surface area contributed by atoms with Crippen LogP contribution in [0.25, 0.3) is 11.3 Å². The van der Waals surface area contributed by atoms with Crippen LogP contribution in [0.5, 0.6) is 0 Å². The second-order valence-electron chi connectivity index (χ2n) is 7.90. The van der Waals surface area contributed by atoms with Gasteiger partial charge in [-0.15, -0.1) is 0 Å². The normalized spacial score (nSPS) is 10.8. The van der Waals surface area contributed by atoms with Crippen LogP contribution in [0.15, 0.2) is 88.4 Å². The van der Waals surface area contributed by atoms with Crippen LogP contribution in [-0.4, -0.2) is 43.2 Å².